The van der Waals surface area contributed by atoms with Gasteiger partial charge in [-0.1, -0.05) is 12.1 Å². The van der Waals surface area contributed by atoms with E-state index in [1.807, 2.05) is 42.1 Å². The minimum atomic E-state index is -0.805. The van der Waals surface area contributed by atoms with E-state index < -0.39 is 5.97 Å². The number of aryl methyl sites for hydroxylation is 1. The van der Waals surface area contributed by atoms with E-state index in [2.05, 4.69) is 0 Å². The number of carboxylic acids is 1. The van der Waals surface area contributed by atoms with Crippen molar-refractivity contribution in [3.05, 3.63) is 36.0 Å². The molecule has 1 aromatic heterocycles. The Morgan fingerprint density at radius 2 is 2.24 bits per heavy atom. The molecule has 0 saturated carbocycles. The fraction of sp³-hybridized carbons (Fsp3) is 0.308. The van der Waals surface area contributed by atoms with E-state index in [0.29, 0.717) is 6.42 Å². The predicted octanol–water partition coefficient (Wildman–Crippen LogP) is 2.04. The van der Waals surface area contributed by atoms with Crippen molar-refractivity contribution in [3.63, 3.8) is 0 Å². The molecule has 0 aliphatic heterocycles. The van der Waals surface area contributed by atoms with Gasteiger partial charge in [0, 0.05) is 36.6 Å². The van der Waals surface area contributed by atoms with Crippen LogP contribution in [0.15, 0.2) is 30.5 Å². The van der Waals surface area contributed by atoms with Crippen LogP contribution in [0.2, 0.25) is 0 Å². The van der Waals surface area contributed by atoms with Crippen LogP contribution < -0.4 is 5.73 Å². The molecule has 2 aromatic rings. The Hall–Kier alpha value is -1.81. The van der Waals surface area contributed by atoms with Gasteiger partial charge in [-0.05, 0) is 24.1 Å². The summed E-state index contributed by atoms with van der Waals surface area (Å²) in [4.78, 5) is 10.5. The van der Waals surface area contributed by atoms with Gasteiger partial charge in [0.2, 0.25) is 0 Å². The summed E-state index contributed by atoms with van der Waals surface area (Å²) in [6.45, 7) is 0. The van der Waals surface area contributed by atoms with Crippen molar-refractivity contribution in [2.75, 3.05) is 0 Å². The number of aromatic nitrogens is 1. The Labute approximate surface area is 99.7 Å². The summed E-state index contributed by atoms with van der Waals surface area (Å²) in [5, 5.41) is 9.77. The van der Waals surface area contributed by atoms with Crippen molar-refractivity contribution in [2.24, 2.45) is 12.8 Å². The summed E-state index contributed by atoms with van der Waals surface area (Å²) < 4.78 is 2.03. The molecular formula is C13H16N2O2. The van der Waals surface area contributed by atoms with E-state index in [9.17, 15) is 4.79 Å². The smallest absolute Gasteiger partial charge is 0.303 e. The topological polar surface area (TPSA) is 68.2 Å². The minimum absolute atomic E-state index is 0.102. The second-order valence-electron chi connectivity index (χ2n) is 4.25. The van der Waals surface area contributed by atoms with Crippen molar-refractivity contribution in [2.45, 2.75) is 18.9 Å². The van der Waals surface area contributed by atoms with Gasteiger partial charge in [-0.25, -0.2) is 0 Å². The predicted molar refractivity (Wildman–Crippen MR) is 66.7 cm³/mol. The third kappa shape index (κ3) is 2.31. The molecule has 2 rings (SSSR count). The first kappa shape index (κ1) is 11.7. The highest BCUT2D eigenvalue weighted by Gasteiger charge is 2.12. The van der Waals surface area contributed by atoms with E-state index in [1.54, 1.807) is 0 Å². The average molecular weight is 232 g/mol. The van der Waals surface area contributed by atoms with Gasteiger partial charge in [-0.2, -0.15) is 0 Å². The maximum atomic E-state index is 10.5. The van der Waals surface area contributed by atoms with Gasteiger partial charge in [0.05, 0.1) is 0 Å². The van der Waals surface area contributed by atoms with Crippen LogP contribution in [0.25, 0.3) is 10.9 Å². The number of nitrogens with zero attached hydrogens (tertiary/aromatic N) is 1. The van der Waals surface area contributed by atoms with Gasteiger partial charge in [-0.15, -0.1) is 0 Å². The maximum Gasteiger partial charge on any atom is 0.303 e. The highest BCUT2D eigenvalue weighted by atomic mass is 16.4. The van der Waals surface area contributed by atoms with E-state index in [4.69, 9.17) is 10.8 Å². The molecule has 3 N–H and O–H groups in total. The zero-order valence-electron chi connectivity index (χ0n) is 9.76. The number of hydrogen-bond acceptors (Lipinski definition) is 2. The number of rotatable bonds is 4. The van der Waals surface area contributed by atoms with Crippen molar-refractivity contribution >= 4 is 16.9 Å². The molecule has 0 radical (unpaired) electrons. The average Bonchev–Trinajstić information content (AvgIpc) is 2.68. The molecule has 0 aliphatic rings. The second-order valence-corrected chi connectivity index (χ2v) is 4.25. The number of carbonyl (C=O) groups is 1. The molecule has 0 amide bonds. The van der Waals surface area contributed by atoms with Crippen LogP contribution in [-0.4, -0.2) is 15.6 Å². The highest BCUT2D eigenvalue weighted by Crippen LogP contribution is 2.26. The second kappa shape index (κ2) is 4.59. The van der Waals surface area contributed by atoms with Crippen molar-refractivity contribution in [1.29, 1.82) is 0 Å². The molecule has 0 aliphatic carbocycles. The van der Waals surface area contributed by atoms with Crippen molar-refractivity contribution in [3.8, 4) is 0 Å². The van der Waals surface area contributed by atoms with E-state index in [1.165, 1.54) is 0 Å². The van der Waals surface area contributed by atoms with Gasteiger partial charge >= 0.3 is 5.97 Å². The number of benzene rings is 1. The van der Waals surface area contributed by atoms with Gasteiger partial charge in [0.1, 0.15) is 0 Å². The lowest BCUT2D eigenvalue weighted by molar-refractivity contribution is -0.137. The molecular weight excluding hydrogens is 216 g/mol. The number of aliphatic carboxylic acids is 1. The third-order valence-corrected chi connectivity index (χ3v) is 3.03. The molecule has 90 valence electrons. The molecule has 1 heterocycles. The van der Waals surface area contributed by atoms with E-state index in [-0.39, 0.29) is 12.5 Å². The van der Waals surface area contributed by atoms with Crippen LogP contribution in [0.4, 0.5) is 0 Å². The quantitative estimate of drug-likeness (QED) is 0.847. The summed E-state index contributed by atoms with van der Waals surface area (Å²) in [5.41, 5.74) is 8.18. The minimum Gasteiger partial charge on any atom is -0.481 e. The number of hydrogen-bond donors (Lipinski definition) is 2. The van der Waals surface area contributed by atoms with Crippen molar-refractivity contribution in [1.82, 2.24) is 4.57 Å². The molecule has 1 aromatic carbocycles. The van der Waals surface area contributed by atoms with Crippen LogP contribution in [0.1, 0.15) is 24.4 Å². The lowest BCUT2D eigenvalue weighted by Crippen LogP contribution is -2.12. The van der Waals surface area contributed by atoms with Crippen LogP contribution in [-0.2, 0) is 11.8 Å². The molecule has 17 heavy (non-hydrogen) atoms. The molecule has 4 heteroatoms. The molecule has 0 fully saturated rings. The highest BCUT2D eigenvalue weighted by molar-refractivity contribution is 5.84. The molecule has 1 unspecified atom stereocenters. The Bertz CT molecular complexity index is 545. The molecule has 0 bridgehead atoms. The van der Waals surface area contributed by atoms with Gasteiger partial charge < -0.3 is 15.4 Å². The van der Waals surface area contributed by atoms with Crippen molar-refractivity contribution < 1.29 is 9.90 Å². The maximum absolute atomic E-state index is 10.5. The largest absolute Gasteiger partial charge is 0.481 e. The Morgan fingerprint density at radius 1 is 1.47 bits per heavy atom. The standard InChI is InChI=1S/C13H16N2O2/c1-15-8-7-10-9(3-2-4-12(10)15)11(14)5-6-13(16)17/h2-4,7-8,11H,5-6,14H2,1H3,(H,16,17). The summed E-state index contributed by atoms with van der Waals surface area (Å²) in [5.74, 6) is -0.805. The Kier molecular flexibility index (Phi) is 3.15. The fourth-order valence-corrected chi connectivity index (χ4v) is 2.08. The summed E-state index contributed by atoms with van der Waals surface area (Å²) in [6.07, 6.45) is 2.55. The lowest BCUT2D eigenvalue weighted by Gasteiger charge is -2.12. The first-order chi connectivity index (χ1) is 8.09. The summed E-state index contributed by atoms with van der Waals surface area (Å²) >= 11 is 0. The first-order valence-electron chi connectivity index (χ1n) is 5.61. The number of fused-ring (bicyclic) bond motifs is 1. The van der Waals surface area contributed by atoms with Gasteiger partial charge in [-0.3, -0.25) is 4.79 Å². The zero-order chi connectivity index (χ0) is 12.4. The molecule has 0 saturated heterocycles. The van der Waals surface area contributed by atoms with E-state index >= 15 is 0 Å². The normalized spacial score (nSPS) is 12.8. The molecule has 0 spiro atoms. The number of nitrogens with two attached hydrogens (primary N) is 1. The SMILES string of the molecule is Cn1ccc2c(C(N)CCC(=O)O)cccc21. The molecule has 1 atom stereocenters. The monoisotopic (exact) mass is 232 g/mol. The summed E-state index contributed by atoms with van der Waals surface area (Å²) in [7, 11) is 1.98. The van der Waals surface area contributed by atoms with Crippen LogP contribution in [0, 0.1) is 0 Å². The third-order valence-electron chi connectivity index (χ3n) is 3.03. The van der Waals surface area contributed by atoms with E-state index in [0.717, 1.165) is 16.5 Å². The molecule has 4 nitrogen and oxygen atoms in total. The lowest BCUT2D eigenvalue weighted by atomic mass is 9.99. The number of carboxylic acid groups (broad SMARTS) is 1. The Balaban J connectivity index is 2.31. The van der Waals surface area contributed by atoms with Gasteiger partial charge in [0.25, 0.3) is 0 Å². The first-order valence-corrected chi connectivity index (χ1v) is 5.61. The van der Waals surface area contributed by atoms with Gasteiger partial charge in [0.15, 0.2) is 0 Å². The zero-order valence-corrected chi connectivity index (χ0v) is 9.76. The fourth-order valence-electron chi connectivity index (χ4n) is 2.08. The Morgan fingerprint density at radius 3 is 2.94 bits per heavy atom. The summed E-state index contributed by atoms with van der Waals surface area (Å²) in [6, 6.07) is 7.75. The van der Waals surface area contributed by atoms with Crippen LogP contribution in [0.3, 0.4) is 0 Å². The van der Waals surface area contributed by atoms with Crippen LogP contribution in [0.5, 0.6) is 0 Å². The van der Waals surface area contributed by atoms with Crippen LogP contribution >= 0.6 is 0 Å².